The van der Waals surface area contributed by atoms with E-state index in [0.717, 1.165) is 0 Å². The quantitative estimate of drug-likeness (QED) is 0.849. The van der Waals surface area contributed by atoms with Crippen molar-refractivity contribution in [2.24, 2.45) is 5.73 Å². The number of nitriles is 1. The van der Waals surface area contributed by atoms with Crippen LogP contribution in [0.5, 0.6) is 0 Å². The third kappa shape index (κ3) is 4.38. The summed E-state index contributed by atoms with van der Waals surface area (Å²) in [5.74, 6) is -3.33. The van der Waals surface area contributed by atoms with E-state index in [-0.39, 0.29) is 22.9 Å². The number of aryl methyl sites for hydroxylation is 1. The number of nitrogens with two attached hydrogens (primary N) is 1. The largest absolute Gasteiger partial charge is 0.325 e. The third-order valence-electron chi connectivity index (χ3n) is 2.46. The first-order valence-corrected chi connectivity index (χ1v) is 6.79. The Labute approximate surface area is 122 Å². The molecule has 9 heteroatoms. The molecule has 20 heavy (non-hydrogen) atoms. The molecule has 0 aliphatic carbocycles. The van der Waals surface area contributed by atoms with Crippen LogP contribution in [0.3, 0.4) is 0 Å². The van der Waals surface area contributed by atoms with Gasteiger partial charge in [-0.05, 0) is 18.6 Å². The third-order valence-corrected chi connectivity index (χ3v) is 3.90. The molecular formula is C11H14ClF2N3O2S. The first-order valence-electron chi connectivity index (χ1n) is 5.31. The zero-order valence-corrected chi connectivity index (χ0v) is 12.2. The van der Waals surface area contributed by atoms with E-state index in [1.165, 1.54) is 12.1 Å². The molecule has 1 aromatic rings. The minimum absolute atomic E-state index is 0. The molecule has 0 fully saturated rings. The van der Waals surface area contributed by atoms with Gasteiger partial charge in [0.2, 0.25) is 10.0 Å². The van der Waals surface area contributed by atoms with Gasteiger partial charge in [0.15, 0.2) is 0 Å². The second-order valence-corrected chi connectivity index (χ2v) is 5.68. The maximum atomic E-state index is 12.9. The minimum atomic E-state index is -4.18. The van der Waals surface area contributed by atoms with Crippen LogP contribution in [-0.2, 0) is 10.0 Å². The Morgan fingerprint density at radius 3 is 2.55 bits per heavy atom. The van der Waals surface area contributed by atoms with Gasteiger partial charge < -0.3 is 5.73 Å². The summed E-state index contributed by atoms with van der Waals surface area (Å²) < 4.78 is 51.4. The lowest BCUT2D eigenvalue weighted by atomic mass is 10.1. The summed E-state index contributed by atoms with van der Waals surface area (Å²) in [5, 5.41) is 8.93. The smallest absolute Gasteiger partial charge is 0.273 e. The van der Waals surface area contributed by atoms with E-state index < -0.39 is 29.0 Å². The molecule has 0 atom stereocenters. The molecule has 0 aromatic heterocycles. The molecule has 0 saturated heterocycles. The van der Waals surface area contributed by atoms with E-state index in [4.69, 9.17) is 11.0 Å². The summed E-state index contributed by atoms with van der Waals surface area (Å²) in [5.41, 5.74) is 5.21. The van der Waals surface area contributed by atoms with Crippen molar-refractivity contribution in [3.63, 3.8) is 0 Å². The molecule has 0 unspecified atom stereocenters. The Morgan fingerprint density at radius 2 is 2.05 bits per heavy atom. The predicted molar refractivity (Wildman–Crippen MR) is 72.3 cm³/mol. The van der Waals surface area contributed by atoms with Gasteiger partial charge in [-0.15, -0.1) is 12.4 Å². The minimum Gasteiger partial charge on any atom is -0.325 e. The number of hydrogen-bond acceptors (Lipinski definition) is 4. The van der Waals surface area contributed by atoms with Crippen molar-refractivity contribution >= 4 is 22.4 Å². The molecule has 1 rings (SSSR count). The fraction of sp³-hybridized carbons (Fsp3) is 0.364. The topological polar surface area (TPSA) is 96.0 Å². The highest BCUT2D eigenvalue weighted by atomic mass is 35.5. The van der Waals surface area contributed by atoms with Crippen molar-refractivity contribution in [1.29, 1.82) is 5.26 Å². The Balaban J connectivity index is 0.00000361. The molecule has 1 aromatic carbocycles. The van der Waals surface area contributed by atoms with Crippen LogP contribution in [-0.4, -0.2) is 27.4 Å². The highest BCUT2D eigenvalue weighted by Crippen LogP contribution is 2.19. The Hall–Kier alpha value is -1.27. The molecule has 0 radical (unpaired) electrons. The first kappa shape index (κ1) is 18.7. The van der Waals surface area contributed by atoms with Crippen molar-refractivity contribution in [2.75, 3.05) is 13.1 Å². The normalized spacial score (nSPS) is 11.6. The maximum Gasteiger partial charge on any atom is 0.273 e. The maximum absolute atomic E-state index is 12.9. The Bertz CT molecular complexity index is 615. The molecule has 0 heterocycles. The van der Waals surface area contributed by atoms with Gasteiger partial charge in [-0.1, -0.05) is 12.1 Å². The first-order chi connectivity index (χ1) is 8.73. The lowest BCUT2D eigenvalue weighted by molar-refractivity contribution is 0.0170. The van der Waals surface area contributed by atoms with Gasteiger partial charge in [0.25, 0.3) is 5.92 Å². The number of rotatable bonds is 5. The van der Waals surface area contributed by atoms with Crippen molar-refractivity contribution in [3.8, 4) is 6.07 Å². The second-order valence-electron chi connectivity index (χ2n) is 3.94. The molecule has 0 spiro atoms. The van der Waals surface area contributed by atoms with E-state index in [1.54, 1.807) is 23.8 Å². The van der Waals surface area contributed by atoms with Gasteiger partial charge in [-0.2, -0.15) is 5.26 Å². The fourth-order valence-electron chi connectivity index (χ4n) is 1.36. The monoisotopic (exact) mass is 325 g/mol. The number of nitrogens with zero attached hydrogens (tertiary/aromatic N) is 1. The van der Waals surface area contributed by atoms with Crippen LogP contribution in [0.4, 0.5) is 8.78 Å². The molecule has 0 saturated carbocycles. The molecule has 5 nitrogen and oxygen atoms in total. The number of hydrogen-bond donors (Lipinski definition) is 2. The number of halogens is 3. The summed E-state index contributed by atoms with van der Waals surface area (Å²) in [6.45, 7) is -0.509. The predicted octanol–water partition coefficient (Wildman–Crippen LogP) is 1.16. The van der Waals surface area contributed by atoms with Crippen molar-refractivity contribution < 1.29 is 17.2 Å². The van der Waals surface area contributed by atoms with Crippen molar-refractivity contribution in [2.45, 2.75) is 17.7 Å². The van der Waals surface area contributed by atoms with Gasteiger partial charge in [-0.25, -0.2) is 21.9 Å². The molecule has 0 bridgehead atoms. The molecule has 0 aliphatic rings. The van der Waals surface area contributed by atoms with Crippen LogP contribution < -0.4 is 10.5 Å². The molecule has 3 N–H and O–H groups in total. The number of nitrogens with one attached hydrogen (secondary N) is 1. The number of sulfonamides is 1. The van der Waals surface area contributed by atoms with E-state index in [9.17, 15) is 17.2 Å². The highest BCUT2D eigenvalue weighted by molar-refractivity contribution is 7.89. The zero-order chi connectivity index (χ0) is 14.7. The fourth-order valence-corrected chi connectivity index (χ4v) is 2.65. The van der Waals surface area contributed by atoms with Crippen LogP contribution in [0.2, 0.25) is 0 Å². The lowest BCUT2D eigenvalue weighted by Gasteiger charge is -2.15. The average Bonchev–Trinajstić information content (AvgIpc) is 2.36. The van der Waals surface area contributed by atoms with Crippen LogP contribution in [0.15, 0.2) is 23.1 Å². The van der Waals surface area contributed by atoms with Crippen LogP contribution in [0.25, 0.3) is 0 Å². The summed E-state index contributed by atoms with van der Waals surface area (Å²) in [6, 6.07) is 5.94. The summed E-state index contributed by atoms with van der Waals surface area (Å²) in [7, 11) is -4.18. The van der Waals surface area contributed by atoms with E-state index in [0.29, 0.717) is 5.56 Å². The molecule has 0 amide bonds. The van der Waals surface area contributed by atoms with Crippen LogP contribution in [0, 0.1) is 18.3 Å². The molecular weight excluding hydrogens is 312 g/mol. The van der Waals surface area contributed by atoms with Crippen molar-refractivity contribution in [1.82, 2.24) is 4.72 Å². The zero-order valence-electron chi connectivity index (χ0n) is 10.6. The number of benzene rings is 1. The van der Waals surface area contributed by atoms with Crippen LogP contribution >= 0.6 is 12.4 Å². The summed E-state index contributed by atoms with van der Waals surface area (Å²) in [6.07, 6.45) is 0. The van der Waals surface area contributed by atoms with E-state index in [1.807, 2.05) is 0 Å². The molecule has 112 valence electrons. The Morgan fingerprint density at radius 1 is 1.45 bits per heavy atom. The SMILES string of the molecule is Cc1cccc(S(=O)(=O)NCC(F)(F)CN)c1C#N.Cl. The summed E-state index contributed by atoms with van der Waals surface area (Å²) in [4.78, 5) is -0.317. The van der Waals surface area contributed by atoms with Crippen LogP contribution in [0.1, 0.15) is 11.1 Å². The second kappa shape index (κ2) is 6.95. The summed E-state index contributed by atoms with van der Waals surface area (Å²) >= 11 is 0. The Kier molecular flexibility index (Phi) is 6.50. The van der Waals surface area contributed by atoms with E-state index >= 15 is 0 Å². The van der Waals surface area contributed by atoms with Gasteiger partial charge >= 0.3 is 0 Å². The van der Waals surface area contributed by atoms with Gasteiger partial charge in [0, 0.05) is 0 Å². The average molecular weight is 326 g/mol. The lowest BCUT2D eigenvalue weighted by Crippen LogP contribution is -2.41. The van der Waals surface area contributed by atoms with Gasteiger partial charge in [0.1, 0.15) is 6.07 Å². The van der Waals surface area contributed by atoms with Gasteiger partial charge in [-0.3, -0.25) is 0 Å². The van der Waals surface area contributed by atoms with Gasteiger partial charge in [0.05, 0.1) is 23.5 Å². The van der Waals surface area contributed by atoms with Crippen molar-refractivity contribution in [3.05, 3.63) is 29.3 Å². The molecule has 0 aliphatic heterocycles. The standard InChI is InChI=1S/C11H13F2N3O2S.ClH/c1-8-3-2-4-10(9(8)5-14)19(17,18)16-7-11(12,13)6-15;/h2-4,16H,6-7,15H2,1H3;1H. The van der Waals surface area contributed by atoms with E-state index in [2.05, 4.69) is 0 Å². The number of alkyl halides is 2. The highest BCUT2D eigenvalue weighted by Gasteiger charge is 2.30.